The van der Waals surface area contributed by atoms with E-state index in [1.165, 1.54) is 38.5 Å². The van der Waals surface area contributed by atoms with Gasteiger partial charge in [-0.15, -0.1) is 0 Å². The van der Waals surface area contributed by atoms with Crippen LogP contribution in [0.2, 0.25) is 0 Å². The number of hydrogen-bond acceptors (Lipinski definition) is 2. The molecule has 80 valence electrons. The summed E-state index contributed by atoms with van der Waals surface area (Å²) in [6.45, 7) is 2.37. The van der Waals surface area contributed by atoms with Crippen LogP contribution in [0.4, 0.5) is 4.79 Å². The first-order valence-corrected chi connectivity index (χ1v) is 5.78. The molecule has 1 amide bonds. The Labute approximate surface area is 85.4 Å². The van der Waals surface area contributed by atoms with Crippen molar-refractivity contribution in [2.75, 3.05) is 6.61 Å². The van der Waals surface area contributed by atoms with E-state index >= 15 is 0 Å². The zero-order valence-corrected chi connectivity index (χ0v) is 8.87. The summed E-state index contributed by atoms with van der Waals surface area (Å²) in [6.07, 6.45) is 7.19. The topological polar surface area (TPSA) is 29.5 Å². The molecule has 0 aliphatic carbocycles. The van der Waals surface area contributed by atoms with Crippen molar-refractivity contribution in [3.8, 4) is 0 Å². The van der Waals surface area contributed by atoms with Gasteiger partial charge in [-0.1, -0.05) is 12.8 Å². The van der Waals surface area contributed by atoms with Crippen molar-refractivity contribution in [3.63, 3.8) is 0 Å². The molecular weight excluding hydrogens is 178 g/mol. The second kappa shape index (κ2) is 4.20. The maximum Gasteiger partial charge on any atom is 0.410 e. The van der Waals surface area contributed by atoms with Crippen molar-refractivity contribution in [2.24, 2.45) is 0 Å². The van der Waals surface area contributed by atoms with Gasteiger partial charge in [0.25, 0.3) is 0 Å². The Morgan fingerprint density at radius 2 is 1.79 bits per heavy atom. The summed E-state index contributed by atoms with van der Waals surface area (Å²) < 4.78 is 5.10. The van der Waals surface area contributed by atoms with Crippen LogP contribution >= 0.6 is 0 Å². The summed E-state index contributed by atoms with van der Waals surface area (Å²) in [6, 6.07) is 0.947. The Morgan fingerprint density at radius 1 is 1.21 bits per heavy atom. The summed E-state index contributed by atoms with van der Waals surface area (Å²) in [5.74, 6) is 0. The van der Waals surface area contributed by atoms with Gasteiger partial charge in [0.2, 0.25) is 0 Å². The number of carbonyl (C=O) groups is 1. The number of amides is 1. The minimum atomic E-state index is -0.0816. The molecule has 3 nitrogen and oxygen atoms in total. The van der Waals surface area contributed by atoms with Crippen LogP contribution in [-0.2, 0) is 4.74 Å². The Hall–Kier alpha value is -0.730. The number of carbonyl (C=O) groups excluding carboxylic acids is 1. The van der Waals surface area contributed by atoms with Crippen LogP contribution in [0.15, 0.2) is 0 Å². The summed E-state index contributed by atoms with van der Waals surface area (Å²) in [5, 5.41) is 0. The predicted octanol–water partition coefficient (Wildman–Crippen LogP) is 2.55. The third-order valence-electron chi connectivity index (χ3n) is 3.42. The number of rotatable bonds is 1. The fraction of sp³-hybridized carbons (Fsp3) is 0.909. The molecule has 0 saturated carbocycles. The largest absolute Gasteiger partial charge is 0.450 e. The van der Waals surface area contributed by atoms with Gasteiger partial charge in [0, 0.05) is 12.1 Å². The van der Waals surface area contributed by atoms with Crippen molar-refractivity contribution in [1.29, 1.82) is 0 Å². The average Bonchev–Trinajstić information content (AvgIpc) is 2.40. The molecule has 0 N–H and O–H groups in total. The van der Waals surface area contributed by atoms with Crippen LogP contribution in [0.5, 0.6) is 0 Å². The fourth-order valence-corrected chi connectivity index (χ4v) is 2.78. The predicted molar refractivity (Wildman–Crippen MR) is 54.1 cm³/mol. The van der Waals surface area contributed by atoms with Gasteiger partial charge in [0.1, 0.15) is 0 Å². The van der Waals surface area contributed by atoms with E-state index in [0.717, 1.165) is 0 Å². The highest BCUT2D eigenvalue weighted by molar-refractivity contribution is 5.69. The molecule has 0 aromatic heterocycles. The first-order valence-electron chi connectivity index (χ1n) is 5.78. The number of ether oxygens (including phenoxy) is 1. The monoisotopic (exact) mass is 197 g/mol. The molecule has 2 fully saturated rings. The molecule has 2 heterocycles. The Bertz CT molecular complexity index is 203. The van der Waals surface area contributed by atoms with E-state index in [1.54, 1.807) is 0 Å². The highest BCUT2D eigenvalue weighted by Crippen LogP contribution is 2.34. The van der Waals surface area contributed by atoms with Gasteiger partial charge in [-0.05, 0) is 32.6 Å². The Balaban J connectivity index is 2.05. The number of hydrogen-bond donors (Lipinski definition) is 0. The average molecular weight is 197 g/mol. The number of nitrogens with zero attached hydrogens (tertiary/aromatic N) is 1. The molecule has 2 aliphatic heterocycles. The lowest BCUT2D eigenvalue weighted by atomic mass is 10.0. The zero-order valence-electron chi connectivity index (χ0n) is 8.87. The number of fused-ring (bicyclic) bond motifs is 2. The third kappa shape index (κ3) is 1.72. The molecule has 0 aromatic carbocycles. The molecular formula is C11H19NO2. The molecule has 0 aromatic rings. The third-order valence-corrected chi connectivity index (χ3v) is 3.42. The normalized spacial score (nSPS) is 31.4. The maximum absolute atomic E-state index is 11.7. The molecule has 0 radical (unpaired) electrons. The minimum absolute atomic E-state index is 0.0816. The quantitative estimate of drug-likeness (QED) is 0.646. The Morgan fingerprint density at radius 3 is 2.29 bits per heavy atom. The molecule has 14 heavy (non-hydrogen) atoms. The maximum atomic E-state index is 11.7. The van der Waals surface area contributed by atoms with Crippen LogP contribution in [0, 0.1) is 0 Å². The van der Waals surface area contributed by atoms with Gasteiger partial charge in [-0.3, -0.25) is 0 Å². The smallest absolute Gasteiger partial charge is 0.410 e. The van der Waals surface area contributed by atoms with Crippen LogP contribution in [0.1, 0.15) is 45.4 Å². The van der Waals surface area contributed by atoms with Gasteiger partial charge in [0.05, 0.1) is 6.61 Å². The summed E-state index contributed by atoms with van der Waals surface area (Å²) >= 11 is 0. The molecule has 2 saturated heterocycles. The van der Waals surface area contributed by atoms with Gasteiger partial charge in [-0.25, -0.2) is 4.79 Å². The SMILES string of the molecule is CCOC(=O)N1C2CCCCC1CC2. The lowest BCUT2D eigenvalue weighted by molar-refractivity contribution is 0.0888. The van der Waals surface area contributed by atoms with Crippen LogP contribution in [-0.4, -0.2) is 29.7 Å². The van der Waals surface area contributed by atoms with E-state index in [9.17, 15) is 4.79 Å². The lowest BCUT2D eigenvalue weighted by Crippen LogP contribution is -2.40. The van der Waals surface area contributed by atoms with Crippen LogP contribution < -0.4 is 0 Å². The van der Waals surface area contributed by atoms with Crippen molar-refractivity contribution >= 4 is 6.09 Å². The molecule has 2 bridgehead atoms. The molecule has 2 atom stereocenters. The van der Waals surface area contributed by atoms with E-state index in [0.29, 0.717) is 18.7 Å². The second-order valence-corrected chi connectivity index (χ2v) is 4.28. The standard InChI is InChI=1S/C11H19NO2/c1-2-14-11(13)12-9-5-3-4-6-10(12)8-7-9/h9-10H,2-8H2,1H3. The molecule has 0 spiro atoms. The minimum Gasteiger partial charge on any atom is -0.450 e. The highest BCUT2D eigenvalue weighted by Gasteiger charge is 2.38. The molecule has 2 rings (SSSR count). The van der Waals surface area contributed by atoms with E-state index in [-0.39, 0.29) is 6.09 Å². The fourth-order valence-electron chi connectivity index (χ4n) is 2.78. The van der Waals surface area contributed by atoms with Gasteiger partial charge >= 0.3 is 6.09 Å². The first-order chi connectivity index (χ1) is 6.83. The van der Waals surface area contributed by atoms with E-state index < -0.39 is 0 Å². The second-order valence-electron chi connectivity index (χ2n) is 4.28. The highest BCUT2D eigenvalue weighted by atomic mass is 16.6. The van der Waals surface area contributed by atoms with E-state index in [1.807, 2.05) is 11.8 Å². The lowest BCUT2D eigenvalue weighted by Gasteiger charge is -2.26. The van der Waals surface area contributed by atoms with Gasteiger partial charge in [-0.2, -0.15) is 0 Å². The van der Waals surface area contributed by atoms with E-state index in [4.69, 9.17) is 4.74 Å². The molecule has 2 unspecified atom stereocenters. The zero-order chi connectivity index (χ0) is 9.97. The summed E-state index contributed by atoms with van der Waals surface area (Å²) in [7, 11) is 0. The molecule has 3 heteroatoms. The Kier molecular flexibility index (Phi) is 2.94. The van der Waals surface area contributed by atoms with Crippen LogP contribution in [0.3, 0.4) is 0 Å². The van der Waals surface area contributed by atoms with E-state index in [2.05, 4.69) is 0 Å². The van der Waals surface area contributed by atoms with Crippen molar-refractivity contribution in [1.82, 2.24) is 4.90 Å². The van der Waals surface area contributed by atoms with Crippen LogP contribution in [0.25, 0.3) is 0 Å². The van der Waals surface area contributed by atoms with Crippen molar-refractivity contribution in [3.05, 3.63) is 0 Å². The van der Waals surface area contributed by atoms with Gasteiger partial charge < -0.3 is 9.64 Å². The van der Waals surface area contributed by atoms with Crippen molar-refractivity contribution in [2.45, 2.75) is 57.5 Å². The molecule has 2 aliphatic rings. The summed E-state index contributed by atoms with van der Waals surface area (Å²) in [4.78, 5) is 13.7. The summed E-state index contributed by atoms with van der Waals surface area (Å²) in [5.41, 5.74) is 0. The first kappa shape index (κ1) is 9.81. The van der Waals surface area contributed by atoms with Crippen molar-refractivity contribution < 1.29 is 9.53 Å². The van der Waals surface area contributed by atoms with Gasteiger partial charge in [0.15, 0.2) is 0 Å².